The van der Waals surface area contributed by atoms with E-state index in [-0.39, 0.29) is 5.91 Å². The van der Waals surface area contributed by atoms with E-state index in [1.165, 1.54) is 17.4 Å². The van der Waals surface area contributed by atoms with Crippen molar-refractivity contribution in [1.82, 2.24) is 0 Å². The Kier molecular flexibility index (Phi) is 3.94. The average Bonchev–Trinajstić information content (AvgIpc) is 2.95. The van der Waals surface area contributed by atoms with Crippen molar-refractivity contribution in [3.8, 4) is 0 Å². The Morgan fingerprint density at radius 3 is 2.81 bits per heavy atom. The van der Waals surface area contributed by atoms with Crippen LogP contribution in [-0.2, 0) is 17.8 Å². The number of amides is 1. The molecule has 1 aliphatic rings. The Morgan fingerprint density at radius 1 is 1.33 bits per heavy atom. The van der Waals surface area contributed by atoms with E-state index in [1.807, 2.05) is 35.6 Å². The highest BCUT2D eigenvalue weighted by Gasteiger charge is 2.17. The molecule has 4 nitrogen and oxygen atoms in total. The van der Waals surface area contributed by atoms with Gasteiger partial charge < -0.3 is 15.3 Å². The van der Waals surface area contributed by atoms with E-state index in [9.17, 15) is 9.90 Å². The SMILES string of the molecule is CC(O)C(=O)Nc1ccc(N2CCc3sccc3C2)cc1. The summed E-state index contributed by atoms with van der Waals surface area (Å²) in [6.45, 7) is 3.42. The van der Waals surface area contributed by atoms with E-state index < -0.39 is 6.10 Å². The zero-order valence-corrected chi connectivity index (χ0v) is 12.7. The van der Waals surface area contributed by atoms with Crippen LogP contribution in [0.3, 0.4) is 0 Å². The van der Waals surface area contributed by atoms with Gasteiger partial charge in [-0.2, -0.15) is 0 Å². The lowest BCUT2D eigenvalue weighted by atomic mass is 10.1. The molecule has 1 aromatic heterocycles. The normalized spacial score (nSPS) is 15.4. The molecule has 0 aliphatic carbocycles. The molecule has 2 heterocycles. The first-order chi connectivity index (χ1) is 10.1. The largest absolute Gasteiger partial charge is 0.384 e. The fourth-order valence-corrected chi connectivity index (χ4v) is 3.36. The number of aliphatic hydroxyl groups excluding tert-OH is 1. The van der Waals surface area contributed by atoms with Crippen LogP contribution in [-0.4, -0.2) is 23.7 Å². The van der Waals surface area contributed by atoms with Gasteiger partial charge in [0.1, 0.15) is 6.10 Å². The number of hydrogen-bond donors (Lipinski definition) is 2. The van der Waals surface area contributed by atoms with Gasteiger partial charge in [0.2, 0.25) is 0 Å². The number of aliphatic hydroxyl groups is 1. The molecule has 1 unspecified atom stereocenters. The lowest BCUT2D eigenvalue weighted by Gasteiger charge is -2.29. The summed E-state index contributed by atoms with van der Waals surface area (Å²) in [7, 11) is 0. The third-order valence-electron chi connectivity index (χ3n) is 3.69. The second-order valence-electron chi connectivity index (χ2n) is 5.25. The molecule has 0 bridgehead atoms. The number of thiophene rings is 1. The van der Waals surface area contributed by atoms with Crippen molar-refractivity contribution in [1.29, 1.82) is 0 Å². The minimum atomic E-state index is -0.996. The van der Waals surface area contributed by atoms with Gasteiger partial charge in [0, 0.05) is 29.3 Å². The first-order valence-electron chi connectivity index (χ1n) is 7.02. The third kappa shape index (κ3) is 3.09. The Hall–Kier alpha value is -1.85. The van der Waals surface area contributed by atoms with E-state index in [1.54, 1.807) is 0 Å². The number of rotatable bonds is 3. The molecule has 0 saturated heterocycles. The van der Waals surface area contributed by atoms with Crippen molar-refractivity contribution in [2.45, 2.75) is 26.0 Å². The van der Waals surface area contributed by atoms with Crippen LogP contribution >= 0.6 is 11.3 Å². The Morgan fingerprint density at radius 2 is 2.10 bits per heavy atom. The minimum absolute atomic E-state index is 0.386. The topological polar surface area (TPSA) is 52.6 Å². The van der Waals surface area contributed by atoms with Crippen molar-refractivity contribution >= 4 is 28.6 Å². The van der Waals surface area contributed by atoms with Crippen molar-refractivity contribution in [2.24, 2.45) is 0 Å². The number of fused-ring (bicyclic) bond motifs is 1. The van der Waals surface area contributed by atoms with Gasteiger partial charge >= 0.3 is 0 Å². The first-order valence-corrected chi connectivity index (χ1v) is 7.90. The second-order valence-corrected chi connectivity index (χ2v) is 6.25. The highest BCUT2D eigenvalue weighted by Crippen LogP contribution is 2.28. The summed E-state index contributed by atoms with van der Waals surface area (Å²) in [6, 6.07) is 9.96. The van der Waals surface area contributed by atoms with E-state index in [4.69, 9.17) is 0 Å². The van der Waals surface area contributed by atoms with Crippen LogP contribution in [0.25, 0.3) is 0 Å². The van der Waals surface area contributed by atoms with E-state index >= 15 is 0 Å². The fraction of sp³-hybridized carbons (Fsp3) is 0.312. The summed E-state index contributed by atoms with van der Waals surface area (Å²) in [6.07, 6.45) is 0.0943. The molecule has 3 rings (SSSR count). The van der Waals surface area contributed by atoms with Gasteiger partial charge in [-0.15, -0.1) is 11.3 Å². The maximum Gasteiger partial charge on any atom is 0.252 e. The molecule has 21 heavy (non-hydrogen) atoms. The van der Waals surface area contributed by atoms with Crippen LogP contribution in [0.2, 0.25) is 0 Å². The number of hydrogen-bond acceptors (Lipinski definition) is 4. The van der Waals surface area contributed by atoms with Crippen LogP contribution in [0.1, 0.15) is 17.4 Å². The third-order valence-corrected chi connectivity index (χ3v) is 4.71. The van der Waals surface area contributed by atoms with Gasteiger partial charge in [-0.05, 0) is 54.6 Å². The molecular formula is C16H18N2O2S. The van der Waals surface area contributed by atoms with Crippen molar-refractivity contribution in [3.63, 3.8) is 0 Å². The van der Waals surface area contributed by atoms with Gasteiger partial charge in [-0.1, -0.05) is 0 Å². The van der Waals surface area contributed by atoms with Gasteiger partial charge in [0.15, 0.2) is 0 Å². The molecule has 2 aromatic rings. The zero-order valence-electron chi connectivity index (χ0n) is 11.9. The first kappa shape index (κ1) is 14.1. The van der Waals surface area contributed by atoms with Gasteiger partial charge in [0.25, 0.3) is 5.91 Å². The fourth-order valence-electron chi connectivity index (χ4n) is 2.47. The smallest absolute Gasteiger partial charge is 0.252 e. The average molecular weight is 302 g/mol. The molecule has 1 atom stereocenters. The molecule has 1 aromatic carbocycles. The predicted molar refractivity (Wildman–Crippen MR) is 85.8 cm³/mol. The van der Waals surface area contributed by atoms with Crippen LogP contribution < -0.4 is 10.2 Å². The summed E-state index contributed by atoms with van der Waals surface area (Å²) < 4.78 is 0. The van der Waals surface area contributed by atoms with E-state index in [2.05, 4.69) is 21.7 Å². The van der Waals surface area contributed by atoms with Crippen molar-refractivity contribution in [3.05, 3.63) is 46.2 Å². The van der Waals surface area contributed by atoms with Gasteiger partial charge in [-0.3, -0.25) is 4.79 Å². The standard InChI is InChI=1S/C16H18N2O2S/c1-11(19)16(20)17-13-2-4-14(5-3-13)18-8-6-15-12(10-18)7-9-21-15/h2-5,7,9,11,19H,6,8,10H2,1H3,(H,17,20). The summed E-state index contributed by atoms with van der Waals surface area (Å²) in [5.41, 5.74) is 3.28. The summed E-state index contributed by atoms with van der Waals surface area (Å²) in [4.78, 5) is 15.3. The maximum absolute atomic E-state index is 11.4. The molecule has 1 aliphatic heterocycles. The molecule has 2 N–H and O–H groups in total. The molecule has 0 radical (unpaired) electrons. The van der Waals surface area contributed by atoms with Crippen LogP contribution in [0.5, 0.6) is 0 Å². The Bertz CT molecular complexity index is 634. The van der Waals surface area contributed by atoms with Crippen LogP contribution in [0.15, 0.2) is 35.7 Å². The van der Waals surface area contributed by atoms with Gasteiger partial charge in [0.05, 0.1) is 0 Å². The maximum atomic E-state index is 11.4. The molecule has 0 spiro atoms. The van der Waals surface area contributed by atoms with Gasteiger partial charge in [-0.25, -0.2) is 0 Å². The molecule has 0 fully saturated rings. The monoisotopic (exact) mass is 302 g/mol. The molecule has 0 saturated carbocycles. The molecule has 110 valence electrons. The highest BCUT2D eigenvalue weighted by atomic mass is 32.1. The summed E-state index contributed by atoms with van der Waals surface area (Å²) in [5.74, 6) is -0.386. The molecule has 5 heteroatoms. The molecular weight excluding hydrogens is 284 g/mol. The lowest BCUT2D eigenvalue weighted by molar-refractivity contribution is -0.123. The molecule has 1 amide bonds. The van der Waals surface area contributed by atoms with Crippen LogP contribution in [0.4, 0.5) is 11.4 Å². The number of benzene rings is 1. The second kappa shape index (κ2) is 5.87. The van der Waals surface area contributed by atoms with E-state index in [0.717, 1.165) is 25.2 Å². The lowest BCUT2D eigenvalue weighted by Crippen LogP contribution is -2.29. The Balaban J connectivity index is 1.69. The van der Waals surface area contributed by atoms with Crippen LogP contribution in [0, 0.1) is 0 Å². The number of carbonyl (C=O) groups excluding carboxylic acids is 1. The zero-order chi connectivity index (χ0) is 14.8. The number of anilines is 2. The minimum Gasteiger partial charge on any atom is -0.384 e. The van der Waals surface area contributed by atoms with E-state index in [0.29, 0.717) is 5.69 Å². The number of nitrogens with zero attached hydrogens (tertiary/aromatic N) is 1. The summed E-state index contributed by atoms with van der Waals surface area (Å²) >= 11 is 1.84. The quantitative estimate of drug-likeness (QED) is 0.916. The van der Waals surface area contributed by atoms with Crippen molar-refractivity contribution in [2.75, 3.05) is 16.8 Å². The summed E-state index contributed by atoms with van der Waals surface area (Å²) in [5, 5.41) is 14.0. The predicted octanol–water partition coefficient (Wildman–Crippen LogP) is 2.63. The van der Waals surface area contributed by atoms with Crippen molar-refractivity contribution < 1.29 is 9.90 Å². The number of carbonyl (C=O) groups is 1. The number of nitrogens with one attached hydrogen (secondary N) is 1. The Labute approximate surface area is 128 Å². The highest BCUT2D eigenvalue weighted by molar-refractivity contribution is 7.10.